The van der Waals surface area contributed by atoms with Crippen LogP contribution in [0.15, 0.2) is 0 Å². The summed E-state index contributed by atoms with van der Waals surface area (Å²) in [6.07, 6.45) is 1.47. The van der Waals surface area contributed by atoms with Gasteiger partial charge in [-0.1, -0.05) is 27.2 Å². The lowest BCUT2D eigenvalue weighted by Crippen LogP contribution is -2.42. The number of carbonyl (C=O) groups excluding carboxylic acids is 1. The van der Waals surface area contributed by atoms with E-state index in [9.17, 15) is 9.59 Å². The Morgan fingerprint density at radius 2 is 1.94 bits per heavy atom. The van der Waals surface area contributed by atoms with Crippen molar-refractivity contribution in [3.8, 4) is 0 Å². The molecule has 0 rings (SSSR count). The Balaban J connectivity index is 0. The number of nitrogens with one attached hydrogen (secondary N) is 1. The highest BCUT2D eigenvalue weighted by Gasteiger charge is 2.21. The van der Waals surface area contributed by atoms with Gasteiger partial charge in [0, 0.05) is 0 Å². The molecule has 1 atom stereocenters. The average molecular weight is 249 g/mol. The van der Waals surface area contributed by atoms with Crippen LogP contribution in [0.3, 0.4) is 0 Å². The number of alkyl carbamates (subject to hydrolysis) is 1. The molecule has 0 bridgehead atoms. The zero-order valence-corrected chi connectivity index (χ0v) is 10.7. The third-order valence-electron chi connectivity index (χ3n) is 2.03. The third-order valence-corrected chi connectivity index (χ3v) is 2.03. The molecule has 6 nitrogen and oxygen atoms in total. The molecule has 102 valence electrons. The molecule has 0 aromatic rings. The van der Waals surface area contributed by atoms with Crippen molar-refractivity contribution < 1.29 is 24.9 Å². The number of hydrogen-bond donors (Lipinski definition) is 2. The van der Waals surface area contributed by atoms with E-state index in [2.05, 4.69) is 5.32 Å². The van der Waals surface area contributed by atoms with Crippen molar-refractivity contribution in [3.05, 3.63) is 0 Å². The summed E-state index contributed by atoms with van der Waals surface area (Å²) in [5.41, 5.74) is 0. The molecule has 0 heterocycles. The van der Waals surface area contributed by atoms with Crippen LogP contribution in [0, 0.1) is 5.92 Å². The first kappa shape index (κ1) is 18.1. The average Bonchev–Trinajstić information content (AvgIpc) is 2.16. The lowest BCUT2D eigenvalue weighted by atomic mass is 10.0. The normalized spacial score (nSPS) is 11.5. The highest BCUT2D eigenvalue weighted by molar-refractivity contribution is 5.79. The van der Waals surface area contributed by atoms with E-state index < -0.39 is 18.1 Å². The molecule has 6 heteroatoms. The molecular weight excluding hydrogens is 226 g/mol. The van der Waals surface area contributed by atoms with Gasteiger partial charge in [-0.3, -0.25) is 0 Å². The molecule has 0 saturated heterocycles. The zero-order valence-electron chi connectivity index (χ0n) is 10.7. The molecule has 1 unspecified atom stereocenters. The van der Waals surface area contributed by atoms with E-state index in [-0.39, 0.29) is 11.4 Å². The molecule has 4 N–H and O–H groups in total. The Labute approximate surface area is 102 Å². The Kier molecular flexibility index (Phi) is 10.5. The van der Waals surface area contributed by atoms with E-state index in [1.54, 1.807) is 0 Å². The quantitative estimate of drug-likeness (QED) is 0.660. The maximum absolute atomic E-state index is 11.2. The predicted octanol–water partition coefficient (Wildman–Crippen LogP) is 1.19. The first-order valence-corrected chi connectivity index (χ1v) is 5.63. The number of rotatable bonds is 7. The maximum Gasteiger partial charge on any atom is 0.407 e. The van der Waals surface area contributed by atoms with Crippen LogP contribution in [-0.2, 0) is 9.53 Å². The standard InChI is InChI=1S/C11H21NO4.H2O/c1-4-5-6-16-11(15)12-9(10(13)14)7-8(2)3;/h8-9H,4-7H2,1-3H3,(H,12,15)(H,13,14);1H2. The second kappa shape index (κ2) is 9.89. The SMILES string of the molecule is CCCCOC(=O)NC(CC(C)C)C(=O)O.O. The van der Waals surface area contributed by atoms with Crippen molar-refractivity contribution in [2.75, 3.05) is 6.61 Å². The van der Waals surface area contributed by atoms with Crippen molar-refractivity contribution in [1.82, 2.24) is 5.32 Å². The second-order valence-electron chi connectivity index (χ2n) is 4.15. The van der Waals surface area contributed by atoms with Gasteiger partial charge in [0.05, 0.1) is 6.61 Å². The molecule has 17 heavy (non-hydrogen) atoms. The number of amides is 1. The fourth-order valence-electron chi connectivity index (χ4n) is 1.19. The first-order valence-electron chi connectivity index (χ1n) is 5.63. The van der Waals surface area contributed by atoms with E-state index in [1.165, 1.54) is 0 Å². The Bertz CT molecular complexity index is 230. The van der Waals surface area contributed by atoms with Crippen molar-refractivity contribution in [1.29, 1.82) is 0 Å². The minimum atomic E-state index is -1.03. The third kappa shape index (κ3) is 9.62. The lowest BCUT2D eigenvalue weighted by molar-refractivity contribution is -0.139. The van der Waals surface area contributed by atoms with Crippen molar-refractivity contribution >= 4 is 12.1 Å². The van der Waals surface area contributed by atoms with Gasteiger partial charge < -0.3 is 20.6 Å². The van der Waals surface area contributed by atoms with Gasteiger partial charge in [-0.25, -0.2) is 9.59 Å². The van der Waals surface area contributed by atoms with Crippen molar-refractivity contribution in [2.24, 2.45) is 5.92 Å². The summed E-state index contributed by atoms with van der Waals surface area (Å²) < 4.78 is 4.83. The predicted molar refractivity (Wildman–Crippen MR) is 63.9 cm³/mol. The fraction of sp³-hybridized carbons (Fsp3) is 0.818. The number of carbonyl (C=O) groups is 2. The number of ether oxygens (including phenoxy) is 1. The minimum absolute atomic E-state index is 0. The van der Waals surface area contributed by atoms with Gasteiger partial charge in [0.25, 0.3) is 0 Å². The minimum Gasteiger partial charge on any atom is -0.480 e. The van der Waals surface area contributed by atoms with Crippen molar-refractivity contribution in [2.45, 2.75) is 46.1 Å². The van der Waals surface area contributed by atoms with Gasteiger partial charge in [0.15, 0.2) is 0 Å². The molecule has 0 radical (unpaired) electrons. The zero-order chi connectivity index (χ0) is 12.6. The Hall–Kier alpha value is -1.30. The van der Waals surface area contributed by atoms with Crippen LogP contribution in [-0.4, -0.2) is 35.3 Å². The summed E-state index contributed by atoms with van der Waals surface area (Å²) in [7, 11) is 0. The summed E-state index contributed by atoms with van der Waals surface area (Å²) in [5.74, 6) is -0.821. The number of hydrogen-bond acceptors (Lipinski definition) is 3. The highest BCUT2D eigenvalue weighted by atomic mass is 16.5. The molecule has 0 saturated carbocycles. The second-order valence-corrected chi connectivity index (χ2v) is 4.15. The van der Waals surface area contributed by atoms with Crippen LogP contribution < -0.4 is 5.32 Å². The fourth-order valence-corrected chi connectivity index (χ4v) is 1.19. The van der Waals surface area contributed by atoms with Crippen LogP contribution >= 0.6 is 0 Å². The summed E-state index contributed by atoms with van der Waals surface area (Å²) in [6.45, 7) is 6.12. The van der Waals surface area contributed by atoms with Gasteiger partial charge in [0.1, 0.15) is 6.04 Å². The van der Waals surface area contributed by atoms with E-state index in [0.29, 0.717) is 13.0 Å². The summed E-state index contributed by atoms with van der Waals surface area (Å²) in [6, 6.07) is -0.867. The summed E-state index contributed by atoms with van der Waals surface area (Å²) in [4.78, 5) is 22.0. The van der Waals surface area contributed by atoms with Gasteiger partial charge in [-0.2, -0.15) is 0 Å². The van der Waals surface area contributed by atoms with Crippen LogP contribution in [0.2, 0.25) is 0 Å². The molecule has 0 fully saturated rings. The topological polar surface area (TPSA) is 107 Å². The van der Waals surface area contributed by atoms with Gasteiger partial charge in [-0.05, 0) is 18.8 Å². The van der Waals surface area contributed by atoms with Gasteiger partial charge >= 0.3 is 12.1 Å². The van der Waals surface area contributed by atoms with Crippen LogP contribution in [0.25, 0.3) is 0 Å². The molecule has 0 aliphatic heterocycles. The van der Waals surface area contributed by atoms with E-state index in [1.807, 2.05) is 20.8 Å². The Morgan fingerprint density at radius 1 is 1.35 bits per heavy atom. The van der Waals surface area contributed by atoms with Crippen LogP contribution in [0.5, 0.6) is 0 Å². The first-order chi connectivity index (χ1) is 7.47. The van der Waals surface area contributed by atoms with E-state index in [0.717, 1.165) is 12.8 Å². The number of carboxylic acids is 1. The molecule has 0 spiro atoms. The Morgan fingerprint density at radius 3 is 2.35 bits per heavy atom. The van der Waals surface area contributed by atoms with Crippen LogP contribution in [0.1, 0.15) is 40.0 Å². The molecular formula is C11H23NO5. The van der Waals surface area contributed by atoms with Crippen LogP contribution in [0.4, 0.5) is 4.79 Å². The highest BCUT2D eigenvalue weighted by Crippen LogP contribution is 2.05. The number of carboxylic acid groups (broad SMARTS) is 1. The number of unbranched alkanes of at least 4 members (excludes halogenated alkanes) is 1. The summed E-state index contributed by atoms with van der Waals surface area (Å²) in [5, 5.41) is 11.2. The molecule has 0 aromatic heterocycles. The van der Waals surface area contributed by atoms with Gasteiger partial charge in [0.2, 0.25) is 0 Å². The maximum atomic E-state index is 11.2. The van der Waals surface area contributed by atoms with Crippen molar-refractivity contribution in [3.63, 3.8) is 0 Å². The molecule has 0 aromatic carbocycles. The molecule has 0 aliphatic carbocycles. The number of aliphatic carboxylic acids is 1. The van der Waals surface area contributed by atoms with E-state index in [4.69, 9.17) is 9.84 Å². The van der Waals surface area contributed by atoms with Gasteiger partial charge in [-0.15, -0.1) is 0 Å². The smallest absolute Gasteiger partial charge is 0.407 e. The van der Waals surface area contributed by atoms with E-state index >= 15 is 0 Å². The largest absolute Gasteiger partial charge is 0.480 e. The molecule has 1 amide bonds. The molecule has 0 aliphatic rings. The lowest BCUT2D eigenvalue weighted by Gasteiger charge is -2.16. The summed E-state index contributed by atoms with van der Waals surface area (Å²) >= 11 is 0. The monoisotopic (exact) mass is 249 g/mol.